The molecule has 1 aliphatic heterocycles. The van der Waals surface area contributed by atoms with Crippen LogP contribution in [0.1, 0.15) is 12.2 Å². The van der Waals surface area contributed by atoms with Crippen LogP contribution in [-0.4, -0.2) is 44.3 Å². The molecule has 1 atom stereocenters. The van der Waals surface area contributed by atoms with E-state index in [1.54, 1.807) is 7.05 Å². The summed E-state index contributed by atoms with van der Waals surface area (Å²) in [5.41, 5.74) is 0. The Labute approximate surface area is 122 Å². The molecule has 0 spiro atoms. The van der Waals surface area contributed by atoms with Crippen LogP contribution < -0.4 is 4.74 Å². The van der Waals surface area contributed by atoms with Crippen LogP contribution in [0, 0.1) is 0 Å². The number of hydrogen-bond acceptors (Lipinski definition) is 5. The van der Waals surface area contributed by atoms with Gasteiger partial charge in [0.2, 0.25) is 0 Å². The van der Waals surface area contributed by atoms with E-state index >= 15 is 0 Å². The summed E-state index contributed by atoms with van der Waals surface area (Å²) in [5, 5.41) is 12.7. The van der Waals surface area contributed by atoms with E-state index in [4.69, 9.17) is 16.3 Å². The molecule has 20 heavy (non-hydrogen) atoms. The molecule has 1 saturated heterocycles. The van der Waals surface area contributed by atoms with Gasteiger partial charge in [0, 0.05) is 18.1 Å². The van der Waals surface area contributed by atoms with Gasteiger partial charge in [-0.05, 0) is 29.8 Å². The van der Waals surface area contributed by atoms with Crippen LogP contribution in [0.3, 0.4) is 0 Å². The molecule has 0 saturated carbocycles. The van der Waals surface area contributed by atoms with Crippen LogP contribution in [0.5, 0.6) is 5.75 Å². The molecule has 7 heteroatoms. The van der Waals surface area contributed by atoms with E-state index < -0.39 is 0 Å². The fraction of sp³-hybridized carbons (Fsp3) is 0.462. The van der Waals surface area contributed by atoms with Gasteiger partial charge in [-0.25, -0.2) is 0 Å². The van der Waals surface area contributed by atoms with Gasteiger partial charge < -0.3 is 4.74 Å². The molecule has 2 heterocycles. The summed E-state index contributed by atoms with van der Waals surface area (Å²) in [5.74, 6) is 1.57. The number of nitrogens with zero attached hydrogens (tertiary/aromatic N) is 5. The molecule has 1 aromatic carbocycles. The van der Waals surface area contributed by atoms with Gasteiger partial charge in [0.1, 0.15) is 11.9 Å². The van der Waals surface area contributed by atoms with Gasteiger partial charge in [-0.15, -0.1) is 10.2 Å². The average molecular weight is 294 g/mol. The van der Waals surface area contributed by atoms with E-state index in [0.29, 0.717) is 11.6 Å². The molecule has 2 aromatic rings. The fourth-order valence-electron chi connectivity index (χ4n) is 2.36. The van der Waals surface area contributed by atoms with Crippen LogP contribution >= 0.6 is 11.6 Å². The zero-order valence-corrected chi connectivity index (χ0v) is 12.0. The van der Waals surface area contributed by atoms with Crippen LogP contribution in [0.4, 0.5) is 0 Å². The average Bonchev–Trinajstić information content (AvgIpc) is 3.00. The number of benzene rings is 1. The summed E-state index contributed by atoms with van der Waals surface area (Å²) in [6.07, 6.45) is 1.18. The number of ether oxygens (including phenoxy) is 1. The number of aromatic nitrogens is 4. The van der Waals surface area contributed by atoms with E-state index in [-0.39, 0.29) is 6.10 Å². The Morgan fingerprint density at radius 1 is 1.45 bits per heavy atom. The van der Waals surface area contributed by atoms with Crippen LogP contribution in [0.2, 0.25) is 5.02 Å². The molecule has 0 radical (unpaired) electrons. The fourth-order valence-corrected chi connectivity index (χ4v) is 2.54. The number of aryl methyl sites for hydroxylation is 1. The minimum atomic E-state index is 0.185. The topological polar surface area (TPSA) is 56.1 Å². The number of hydrogen-bond donors (Lipinski definition) is 0. The summed E-state index contributed by atoms with van der Waals surface area (Å²) in [6.45, 7) is 2.55. The molecule has 0 N–H and O–H groups in total. The van der Waals surface area contributed by atoms with Gasteiger partial charge >= 0.3 is 0 Å². The van der Waals surface area contributed by atoms with Gasteiger partial charge in [-0.3, -0.25) is 4.90 Å². The molecule has 0 bridgehead atoms. The minimum Gasteiger partial charge on any atom is -0.489 e. The van der Waals surface area contributed by atoms with E-state index in [2.05, 4.69) is 20.3 Å². The molecule has 6 nitrogen and oxygen atoms in total. The third-order valence-corrected chi connectivity index (χ3v) is 3.48. The van der Waals surface area contributed by atoms with Crippen molar-refractivity contribution in [2.75, 3.05) is 13.1 Å². The molecule has 106 valence electrons. The lowest BCUT2D eigenvalue weighted by Gasteiger charge is -2.15. The second-order valence-corrected chi connectivity index (χ2v) is 5.35. The molecule has 0 aliphatic carbocycles. The van der Waals surface area contributed by atoms with Crippen molar-refractivity contribution in [1.82, 2.24) is 25.1 Å². The van der Waals surface area contributed by atoms with Crippen molar-refractivity contribution < 1.29 is 4.74 Å². The van der Waals surface area contributed by atoms with Crippen molar-refractivity contribution in [2.45, 2.75) is 19.1 Å². The Morgan fingerprint density at radius 2 is 2.35 bits per heavy atom. The highest BCUT2D eigenvalue weighted by molar-refractivity contribution is 6.30. The van der Waals surface area contributed by atoms with E-state index in [0.717, 1.165) is 31.1 Å². The standard InChI is InChI=1S/C13H16ClN5O/c1-18-16-13(15-17-18)9-19-6-5-12(8-19)20-11-4-2-3-10(14)7-11/h2-4,7,12H,5-6,8-9H2,1H3. The summed E-state index contributed by atoms with van der Waals surface area (Å²) in [6, 6.07) is 7.51. The van der Waals surface area contributed by atoms with Crippen LogP contribution in [0.15, 0.2) is 24.3 Å². The van der Waals surface area contributed by atoms with Crippen molar-refractivity contribution in [3.8, 4) is 5.75 Å². The first-order valence-corrected chi connectivity index (χ1v) is 6.94. The first kappa shape index (κ1) is 13.3. The third kappa shape index (κ3) is 3.26. The molecular formula is C13H16ClN5O. The van der Waals surface area contributed by atoms with Crippen molar-refractivity contribution in [3.05, 3.63) is 35.1 Å². The first-order valence-electron chi connectivity index (χ1n) is 6.56. The SMILES string of the molecule is Cn1nnc(CN2CCC(Oc3cccc(Cl)c3)C2)n1. The Bertz CT molecular complexity index is 588. The van der Waals surface area contributed by atoms with Gasteiger partial charge in [0.25, 0.3) is 0 Å². The van der Waals surface area contributed by atoms with E-state index in [1.165, 1.54) is 4.80 Å². The minimum absolute atomic E-state index is 0.185. The molecule has 3 rings (SSSR count). The molecule has 1 aromatic heterocycles. The quantitative estimate of drug-likeness (QED) is 0.855. The third-order valence-electron chi connectivity index (χ3n) is 3.24. The first-order chi connectivity index (χ1) is 9.69. The highest BCUT2D eigenvalue weighted by Gasteiger charge is 2.25. The molecule has 1 fully saturated rings. The van der Waals surface area contributed by atoms with Crippen molar-refractivity contribution >= 4 is 11.6 Å². The van der Waals surface area contributed by atoms with Crippen LogP contribution in [0.25, 0.3) is 0 Å². The highest BCUT2D eigenvalue weighted by atomic mass is 35.5. The number of rotatable bonds is 4. The lowest BCUT2D eigenvalue weighted by atomic mass is 10.3. The molecule has 1 unspecified atom stereocenters. The summed E-state index contributed by atoms with van der Waals surface area (Å²) >= 11 is 5.95. The maximum Gasteiger partial charge on any atom is 0.188 e. The zero-order chi connectivity index (χ0) is 13.9. The number of halogens is 1. The predicted octanol–water partition coefficient (Wildman–Crippen LogP) is 1.52. The summed E-state index contributed by atoms with van der Waals surface area (Å²) in [7, 11) is 1.77. The Kier molecular flexibility index (Phi) is 3.84. The maximum atomic E-state index is 5.95. The Morgan fingerprint density at radius 3 is 3.10 bits per heavy atom. The maximum absolute atomic E-state index is 5.95. The Balaban J connectivity index is 1.54. The molecular weight excluding hydrogens is 278 g/mol. The normalized spacial score (nSPS) is 19.4. The monoisotopic (exact) mass is 293 g/mol. The smallest absolute Gasteiger partial charge is 0.188 e. The van der Waals surface area contributed by atoms with Crippen molar-refractivity contribution in [3.63, 3.8) is 0 Å². The molecule has 1 aliphatic rings. The second-order valence-electron chi connectivity index (χ2n) is 4.92. The summed E-state index contributed by atoms with van der Waals surface area (Å²) in [4.78, 5) is 3.75. The second kappa shape index (κ2) is 5.76. The van der Waals surface area contributed by atoms with Crippen molar-refractivity contribution in [1.29, 1.82) is 0 Å². The van der Waals surface area contributed by atoms with Crippen molar-refractivity contribution in [2.24, 2.45) is 7.05 Å². The van der Waals surface area contributed by atoms with Crippen LogP contribution in [-0.2, 0) is 13.6 Å². The predicted molar refractivity (Wildman–Crippen MR) is 74.6 cm³/mol. The largest absolute Gasteiger partial charge is 0.489 e. The Hall–Kier alpha value is -1.66. The van der Waals surface area contributed by atoms with Gasteiger partial charge in [-0.1, -0.05) is 17.7 Å². The number of likely N-dealkylation sites (tertiary alicyclic amines) is 1. The number of tetrazole rings is 1. The van der Waals surface area contributed by atoms with E-state index in [9.17, 15) is 0 Å². The highest BCUT2D eigenvalue weighted by Crippen LogP contribution is 2.22. The molecule has 0 amide bonds. The van der Waals surface area contributed by atoms with E-state index in [1.807, 2.05) is 24.3 Å². The van der Waals surface area contributed by atoms with Gasteiger partial charge in [0.15, 0.2) is 5.82 Å². The lowest BCUT2D eigenvalue weighted by Crippen LogP contribution is -2.25. The summed E-state index contributed by atoms with van der Waals surface area (Å²) < 4.78 is 5.94. The van der Waals surface area contributed by atoms with Gasteiger partial charge in [-0.2, -0.15) is 4.80 Å². The zero-order valence-electron chi connectivity index (χ0n) is 11.2. The lowest BCUT2D eigenvalue weighted by molar-refractivity contribution is 0.197. The van der Waals surface area contributed by atoms with Gasteiger partial charge in [0.05, 0.1) is 13.6 Å².